The predicted octanol–water partition coefficient (Wildman–Crippen LogP) is -0.0576. The second-order valence-electron chi connectivity index (χ2n) is 3.62. The van der Waals surface area contributed by atoms with E-state index in [1.54, 1.807) is 6.07 Å². The van der Waals surface area contributed by atoms with Crippen LogP contribution in [0, 0.1) is 10.1 Å². The van der Waals surface area contributed by atoms with Gasteiger partial charge in [-0.25, -0.2) is 0 Å². The Bertz CT molecular complexity index is 784. The van der Waals surface area contributed by atoms with Crippen molar-refractivity contribution < 1.29 is 10.0 Å². The molecule has 19 heavy (non-hydrogen) atoms. The number of nitrogens with one attached hydrogen (secondary N) is 1. The van der Waals surface area contributed by atoms with Crippen LogP contribution in [0.15, 0.2) is 18.5 Å². The molecule has 0 fully saturated rings. The number of nitro groups is 1. The maximum absolute atomic E-state index is 11.2. The molecule has 0 bridgehead atoms. The Morgan fingerprint density at radius 1 is 1.53 bits per heavy atom. The molecule has 0 aromatic carbocycles. The first kappa shape index (κ1) is 11.2. The van der Waals surface area contributed by atoms with Crippen LogP contribution in [-0.4, -0.2) is 41.8 Å². The van der Waals surface area contributed by atoms with Gasteiger partial charge in [-0.05, 0) is 16.5 Å². The fourth-order valence-corrected chi connectivity index (χ4v) is 1.93. The van der Waals surface area contributed by atoms with Crippen LogP contribution in [0.2, 0.25) is 0 Å². The van der Waals surface area contributed by atoms with Gasteiger partial charge < -0.3 is 10.4 Å². The van der Waals surface area contributed by atoms with Crippen molar-refractivity contribution in [3.8, 4) is 0 Å². The topological polar surface area (TPSA) is 131 Å². The van der Waals surface area contributed by atoms with Crippen molar-refractivity contribution in [3.63, 3.8) is 0 Å². The number of aliphatic hydroxyl groups excluding tert-OH is 1. The molecule has 0 atom stereocenters. The van der Waals surface area contributed by atoms with E-state index in [-0.39, 0.29) is 17.0 Å². The molecular weight excluding hydrogens is 254 g/mol. The zero-order valence-corrected chi connectivity index (χ0v) is 9.39. The average Bonchev–Trinajstić information content (AvgIpc) is 2.88. The van der Waals surface area contributed by atoms with E-state index >= 15 is 0 Å². The lowest BCUT2D eigenvalue weighted by Crippen LogP contribution is -2.07. The molecule has 3 aromatic rings. The Morgan fingerprint density at radius 2 is 2.37 bits per heavy atom. The first-order chi connectivity index (χ1) is 9.24. The van der Waals surface area contributed by atoms with Gasteiger partial charge in [-0.2, -0.15) is 4.52 Å². The molecule has 0 spiro atoms. The Kier molecular flexibility index (Phi) is 2.42. The molecule has 2 N–H and O–H groups in total. The van der Waals surface area contributed by atoms with Gasteiger partial charge in [-0.1, -0.05) is 0 Å². The minimum absolute atomic E-state index is 0.0125. The fourth-order valence-electron chi connectivity index (χ4n) is 1.93. The van der Waals surface area contributed by atoms with E-state index in [1.807, 2.05) is 0 Å². The van der Waals surface area contributed by atoms with Crippen LogP contribution in [0.1, 0.15) is 0 Å². The summed E-state index contributed by atoms with van der Waals surface area (Å²) in [6.45, 7) is -0.448. The van der Waals surface area contributed by atoms with Gasteiger partial charge >= 0.3 is 5.69 Å². The van der Waals surface area contributed by atoms with Crippen LogP contribution in [-0.2, 0) is 0 Å². The molecule has 10 heteroatoms. The number of hydrogen-bond acceptors (Lipinski definition) is 8. The van der Waals surface area contributed by atoms with Gasteiger partial charge in [0, 0.05) is 11.6 Å². The third kappa shape index (κ3) is 1.54. The van der Waals surface area contributed by atoms with Crippen molar-refractivity contribution >= 4 is 27.9 Å². The van der Waals surface area contributed by atoms with Gasteiger partial charge in [0.25, 0.3) is 5.65 Å². The number of fused-ring (bicyclic) bond motifs is 3. The number of nitrogens with zero attached hydrogens (tertiary/aromatic N) is 6. The number of anilines is 1. The maximum Gasteiger partial charge on any atom is 0.339 e. The second kappa shape index (κ2) is 4.10. The molecule has 0 amide bonds. The summed E-state index contributed by atoms with van der Waals surface area (Å²) in [5.41, 5.74) is 0.357. The van der Waals surface area contributed by atoms with Gasteiger partial charge in [0.05, 0.1) is 16.6 Å². The zero-order valence-electron chi connectivity index (χ0n) is 9.39. The smallest absolute Gasteiger partial charge is 0.339 e. The van der Waals surface area contributed by atoms with Crippen molar-refractivity contribution in [1.29, 1.82) is 0 Å². The molecule has 0 aliphatic rings. The second-order valence-corrected chi connectivity index (χ2v) is 3.62. The van der Waals surface area contributed by atoms with E-state index in [0.717, 1.165) is 0 Å². The van der Waals surface area contributed by atoms with Gasteiger partial charge in [-0.15, -0.1) is 5.10 Å². The molecule has 10 nitrogen and oxygen atoms in total. The number of aromatic nitrogens is 5. The lowest BCUT2D eigenvalue weighted by atomic mass is 10.2. The third-order valence-electron chi connectivity index (χ3n) is 2.65. The van der Waals surface area contributed by atoms with Crippen molar-refractivity contribution in [2.24, 2.45) is 0 Å². The summed E-state index contributed by atoms with van der Waals surface area (Å²) in [7, 11) is 0. The first-order valence-electron chi connectivity index (χ1n) is 5.21. The highest BCUT2D eigenvalue weighted by atomic mass is 16.6. The van der Waals surface area contributed by atoms with Crippen LogP contribution in [0.25, 0.3) is 16.6 Å². The van der Waals surface area contributed by atoms with Crippen LogP contribution in [0.4, 0.5) is 11.4 Å². The molecule has 0 aliphatic carbocycles. The highest BCUT2D eigenvalue weighted by molar-refractivity contribution is 6.00. The van der Waals surface area contributed by atoms with E-state index in [1.165, 1.54) is 16.9 Å². The summed E-state index contributed by atoms with van der Waals surface area (Å²) >= 11 is 0. The van der Waals surface area contributed by atoms with Crippen molar-refractivity contribution in [2.75, 3.05) is 12.0 Å². The van der Waals surface area contributed by atoms with Gasteiger partial charge in [-0.3, -0.25) is 15.1 Å². The molecule has 0 unspecified atom stereocenters. The van der Waals surface area contributed by atoms with E-state index < -0.39 is 11.7 Å². The highest BCUT2D eigenvalue weighted by Crippen LogP contribution is 2.35. The van der Waals surface area contributed by atoms with E-state index in [0.29, 0.717) is 10.9 Å². The Hall–Kier alpha value is -2.88. The number of aliphatic hydroxyl groups is 1. The van der Waals surface area contributed by atoms with Gasteiger partial charge in [0.15, 0.2) is 0 Å². The largest absolute Gasteiger partial charge is 0.377 e. The third-order valence-corrected chi connectivity index (χ3v) is 2.65. The molecular formula is C9H7N7O3. The van der Waals surface area contributed by atoms with Crippen LogP contribution < -0.4 is 5.32 Å². The van der Waals surface area contributed by atoms with Crippen LogP contribution in [0.5, 0.6) is 0 Å². The minimum Gasteiger partial charge on any atom is -0.377 e. The Labute approximate surface area is 104 Å². The molecule has 3 aromatic heterocycles. The molecule has 96 valence electrons. The number of pyridine rings is 2. The van der Waals surface area contributed by atoms with E-state index in [2.05, 4.69) is 25.8 Å². The summed E-state index contributed by atoms with van der Waals surface area (Å²) in [6.07, 6.45) is 2.98. The molecule has 3 rings (SSSR count). The van der Waals surface area contributed by atoms with Crippen LogP contribution in [0.3, 0.4) is 0 Å². The van der Waals surface area contributed by atoms with Crippen molar-refractivity contribution in [1.82, 2.24) is 25.0 Å². The number of rotatable bonds is 3. The molecule has 0 saturated heterocycles. The van der Waals surface area contributed by atoms with Gasteiger partial charge in [0.1, 0.15) is 12.4 Å². The normalized spacial score (nSPS) is 11.0. The summed E-state index contributed by atoms with van der Waals surface area (Å²) in [5, 5.41) is 34.1. The zero-order chi connectivity index (χ0) is 13.4. The van der Waals surface area contributed by atoms with Gasteiger partial charge in [0.2, 0.25) is 0 Å². The van der Waals surface area contributed by atoms with E-state index in [4.69, 9.17) is 5.11 Å². The molecule has 0 saturated carbocycles. The summed E-state index contributed by atoms with van der Waals surface area (Å²) in [5.74, 6) is 0. The lowest BCUT2D eigenvalue weighted by molar-refractivity contribution is -0.382. The predicted molar refractivity (Wildman–Crippen MR) is 63.4 cm³/mol. The number of tetrazole rings is 1. The minimum atomic E-state index is -0.594. The summed E-state index contributed by atoms with van der Waals surface area (Å²) in [4.78, 5) is 14.6. The number of hydrogen-bond donors (Lipinski definition) is 2. The maximum atomic E-state index is 11.2. The quantitative estimate of drug-likeness (QED) is 0.381. The fraction of sp³-hybridized carbons (Fsp3) is 0.111. The highest BCUT2D eigenvalue weighted by Gasteiger charge is 2.25. The van der Waals surface area contributed by atoms with Crippen molar-refractivity contribution in [3.05, 3.63) is 28.6 Å². The molecule has 0 radical (unpaired) electrons. The standard InChI is InChI=1S/C9H7N7O3/c17-4-11-7-5-1-2-10-3-6(5)15-9(12-13-14-15)8(7)16(18)19/h1-3,11,17H,4H2. The summed E-state index contributed by atoms with van der Waals surface area (Å²) < 4.78 is 1.24. The monoisotopic (exact) mass is 261 g/mol. The molecule has 0 aliphatic heterocycles. The van der Waals surface area contributed by atoms with Crippen molar-refractivity contribution in [2.45, 2.75) is 0 Å². The lowest BCUT2D eigenvalue weighted by Gasteiger charge is -2.08. The van der Waals surface area contributed by atoms with Crippen LogP contribution >= 0.6 is 0 Å². The SMILES string of the molecule is O=[N+]([O-])c1c(NCO)c2ccncc2n2nnnc12. The van der Waals surface area contributed by atoms with E-state index in [9.17, 15) is 10.1 Å². The summed E-state index contributed by atoms with van der Waals surface area (Å²) in [6, 6.07) is 1.58. The Morgan fingerprint density at radius 3 is 3.11 bits per heavy atom. The first-order valence-corrected chi connectivity index (χ1v) is 5.21. The average molecular weight is 261 g/mol. The Balaban J connectivity index is 2.55. The molecule has 3 heterocycles.